The molecule has 0 amide bonds. The van der Waals surface area contributed by atoms with Gasteiger partial charge in [-0.05, 0) is 57.1 Å². The zero-order valence-corrected chi connectivity index (χ0v) is 18.3. The molecule has 1 aromatic heterocycles. The summed E-state index contributed by atoms with van der Waals surface area (Å²) < 4.78 is 29.2. The van der Waals surface area contributed by atoms with Gasteiger partial charge in [0.25, 0.3) is 10.0 Å². The first kappa shape index (κ1) is 18.4. The van der Waals surface area contributed by atoms with Gasteiger partial charge in [-0.15, -0.1) is 0 Å². The van der Waals surface area contributed by atoms with E-state index in [1.165, 1.54) is 3.97 Å². The van der Waals surface area contributed by atoms with E-state index in [1.54, 1.807) is 24.3 Å². The van der Waals surface area contributed by atoms with Crippen molar-refractivity contribution >= 4 is 54.3 Å². The van der Waals surface area contributed by atoms with Gasteiger partial charge in [0.15, 0.2) is 0 Å². The van der Waals surface area contributed by atoms with Gasteiger partial charge >= 0.3 is 0 Å². The molecule has 4 aromatic carbocycles. The Morgan fingerprint density at radius 1 is 0.655 bits per heavy atom. The highest BCUT2D eigenvalue weighted by atomic mass is 127. The second kappa shape index (κ2) is 7.00. The molecular weight excluding hydrogens is 493 g/mol. The number of halogens is 1. The van der Waals surface area contributed by atoms with Crippen LogP contribution in [0.15, 0.2) is 102 Å². The first-order valence-electron chi connectivity index (χ1n) is 9.17. The molecule has 0 unspecified atom stereocenters. The number of hydrogen-bond acceptors (Lipinski definition) is 2. The molecule has 142 valence electrons. The smallest absolute Gasteiger partial charge is 0.227 e. The monoisotopic (exact) mass is 509 g/mol. The quantitative estimate of drug-likeness (QED) is 0.268. The second-order valence-electron chi connectivity index (χ2n) is 6.79. The zero-order chi connectivity index (χ0) is 20.0. The number of fused-ring (bicyclic) bond motifs is 2. The average molecular weight is 509 g/mol. The second-order valence-corrected chi connectivity index (χ2v) is 9.60. The van der Waals surface area contributed by atoms with Crippen molar-refractivity contribution in [1.82, 2.24) is 3.97 Å². The molecule has 0 aliphatic carbocycles. The van der Waals surface area contributed by atoms with E-state index >= 15 is 0 Å². The summed E-state index contributed by atoms with van der Waals surface area (Å²) in [5.41, 5.74) is 2.66. The van der Waals surface area contributed by atoms with Crippen LogP contribution in [0.1, 0.15) is 0 Å². The van der Waals surface area contributed by atoms with Crippen molar-refractivity contribution in [2.24, 2.45) is 0 Å². The van der Waals surface area contributed by atoms with E-state index in [0.717, 1.165) is 27.3 Å². The topological polar surface area (TPSA) is 39.1 Å². The van der Waals surface area contributed by atoms with Gasteiger partial charge in [-0.1, -0.05) is 78.9 Å². The van der Waals surface area contributed by atoms with Crippen LogP contribution >= 0.6 is 22.6 Å². The maximum absolute atomic E-state index is 13.5. The van der Waals surface area contributed by atoms with Gasteiger partial charge in [0, 0.05) is 10.9 Å². The molecule has 0 spiro atoms. The largest absolute Gasteiger partial charge is 0.269 e. The average Bonchev–Trinajstić information content (AvgIpc) is 3.06. The van der Waals surface area contributed by atoms with E-state index < -0.39 is 10.0 Å². The summed E-state index contributed by atoms with van der Waals surface area (Å²) in [6, 6.07) is 30.6. The van der Waals surface area contributed by atoms with Crippen LogP contribution in [0.2, 0.25) is 0 Å². The Bertz CT molecular complexity index is 1470. The Hall–Kier alpha value is -2.64. The van der Waals surface area contributed by atoms with E-state index in [4.69, 9.17) is 0 Å². The van der Waals surface area contributed by atoms with Crippen LogP contribution < -0.4 is 0 Å². The van der Waals surface area contributed by atoms with Crippen LogP contribution in [0.5, 0.6) is 0 Å². The molecule has 1 heterocycles. The number of nitrogens with zero attached hydrogens (tertiary/aromatic N) is 1. The van der Waals surface area contributed by atoms with E-state index in [0.29, 0.717) is 9.22 Å². The van der Waals surface area contributed by atoms with Crippen LogP contribution in [0.4, 0.5) is 0 Å². The predicted molar refractivity (Wildman–Crippen MR) is 127 cm³/mol. The normalized spacial score (nSPS) is 11.9. The summed E-state index contributed by atoms with van der Waals surface area (Å²) in [7, 11) is -3.73. The standard InChI is InChI=1S/C24H16INO2S/c25-24-23(20-15-8-10-17-9-4-5-13-19(17)20)21-14-6-7-16-22(21)26(24)29(27,28)18-11-2-1-3-12-18/h1-16H. The summed E-state index contributed by atoms with van der Waals surface area (Å²) in [6.45, 7) is 0. The third kappa shape index (κ3) is 2.88. The highest BCUT2D eigenvalue weighted by Crippen LogP contribution is 2.40. The Morgan fingerprint density at radius 2 is 1.28 bits per heavy atom. The van der Waals surface area contributed by atoms with E-state index in [1.807, 2.05) is 48.5 Å². The lowest BCUT2D eigenvalue weighted by molar-refractivity contribution is 0.588. The SMILES string of the molecule is O=S(=O)(c1ccccc1)n1c(I)c(-c2cccc3ccccc23)c2ccccc21. The van der Waals surface area contributed by atoms with Crippen molar-refractivity contribution in [1.29, 1.82) is 0 Å². The lowest BCUT2D eigenvalue weighted by Crippen LogP contribution is -2.14. The first-order chi connectivity index (χ1) is 14.1. The van der Waals surface area contributed by atoms with Gasteiger partial charge in [0.05, 0.1) is 10.4 Å². The summed E-state index contributed by atoms with van der Waals surface area (Å²) in [4.78, 5) is 0.281. The maximum atomic E-state index is 13.5. The summed E-state index contributed by atoms with van der Waals surface area (Å²) in [6.07, 6.45) is 0. The highest BCUT2D eigenvalue weighted by molar-refractivity contribution is 14.1. The lowest BCUT2D eigenvalue weighted by atomic mass is 9.98. The zero-order valence-electron chi connectivity index (χ0n) is 15.3. The Morgan fingerprint density at radius 3 is 2.07 bits per heavy atom. The minimum atomic E-state index is -3.73. The maximum Gasteiger partial charge on any atom is 0.269 e. The number of rotatable bonds is 3. The first-order valence-corrected chi connectivity index (χ1v) is 11.7. The molecule has 3 nitrogen and oxygen atoms in total. The van der Waals surface area contributed by atoms with Crippen LogP contribution in [0.3, 0.4) is 0 Å². The van der Waals surface area contributed by atoms with Crippen LogP contribution in [0, 0.1) is 3.70 Å². The molecule has 0 atom stereocenters. The molecule has 0 saturated carbocycles. The number of hydrogen-bond donors (Lipinski definition) is 0. The molecule has 0 bridgehead atoms. The van der Waals surface area contributed by atoms with Crippen LogP contribution in [0.25, 0.3) is 32.8 Å². The predicted octanol–water partition coefficient (Wildman–Crippen LogP) is 6.30. The van der Waals surface area contributed by atoms with Crippen molar-refractivity contribution < 1.29 is 8.42 Å². The fourth-order valence-electron chi connectivity index (χ4n) is 3.81. The molecule has 0 fully saturated rings. The van der Waals surface area contributed by atoms with Gasteiger partial charge in [0.2, 0.25) is 0 Å². The summed E-state index contributed by atoms with van der Waals surface area (Å²) in [5, 5.41) is 3.16. The molecule has 5 heteroatoms. The molecule has 0 aliphatic rings. The lowest BCUT2D eigenvalue weighted by Gasteiger charge is -2.10. The van der Waals surface area contributed by atoms with Crippen molar-refractivity contribution in [2.45, 2.75) is 4.90 Å². The molecule has 5 aromatic rings. The Balaban J connectivity index is 1.90. The van der Waals surface area contributed by atoms with Crippen LogP contribution in [-0.2, 0) is 10.0 Å². The summed E-state index contributed by atoms with van der Waals surface area (Å²) >= 11 is 2.17. The van der Waals surface area contributed by atoms with Crippen molar-refractivity contribution in [2.75, 3.05) is 0 Å². The van der Waals surface area contributed by atoms with Crippen molar-refractivity contribution in [3.05, 3.63) is 101 Å². The van der Waals surface area contributed by atoms with Gasteiger partial charge in [-0.2, -0.15) is 0 Å². The number of aromatic nitrogens is 1. The minimum absolute atomic E-state index is 0.281. The van der Waals surface area contributed by atoms with E-state index in [2.05, 4.69) is 46.9 Å². The third-order valence-corrected chi connectivity index (χ3v) is 8.19. The van der Waals surface area contributed by atoms with Gasteiger partial charge in [-0.25, -0.2) is 12.4 Å². The minimum Gasteiger partial charge on any atom is -0.227 e. The van der Waals surface area contributed by atoms with E-state index in [-0.39, 0.29) is 4.90 Å². The molecule has 0 radical (unpaired) electrons. The highest BCUT2D eigenvalue weighted by Gasteiger charge is 2.26. The fraction of sp³-hybridized carbons (Fsp3) is 0. The molecular formula is C24H16INO2S. The Kier molecular flexibility index (Phi) is 4.44. The van der Waals surface area contributed by atoms with Crippen molar-refractivity contribution in [3.63, 3.8) is 0 Å². The third-order valence-electron chi connectivity index (χ3n) is 5.12. The van der Waals surface area contributed by atoms with Gasteiger partial charge < -0.3 is 0 Å². The summed E-state index contributed by atoms with van der Waals surface area (Å²) in [5.74, 6) is 0. The number of para-hydroxylation sites is 1. The number of benzene rings is 4. The molecule has 29 heavy (non-hydrogen) atoms. The molecule has 5 rings (SSSR count). The van der Waals surface area contributed by atoms with Gasteiger partial charge in [-0.3, -0.25) is 0 Å². The van der Waals surface area contributed by atoms with Gasteiger partial charge in [0.1, 0.15) is 3.70 Å². The molecule has 0 N–H and O–H groups in total. The van der Waals surface area contributed by atoms with E-state index in [9.17, 15) is 8.42 Å². The van der Waals surface area contributed by atoms with Crippen LogP contribution in [-0.4, -0.2) is 12.4 Å². The molecule has 0 saturated heterocycles. The van der Waals surface area contributed by atoms with Crippen molar-refractivity contribution in [3.8, 4) is 11.1 Å². The Labute approximate surface area is 182 Å². The molecule has 0 aliphatic heterocycles. The fourth-order valence-corrected chi connectivity index (χ4v) is 6.86.